The molecule has 1 heterocycles. The van der Waals surface area contributed by atoms with Gasteiger partial charge in [0.15, 0.2) is 0 Å². The first-order valence-corrected chi connectivity index (χ1v) is 7.65. The Kier molecular flexibility index (Phi) is 5.80. The number of phenols is 1. The van der Waals surface area contributed by atoms with Crippen LogP contribution in [0.15, 0.2) is 18.2 Å². The SMILES string of the molecule is CCCCC[C@H](c1ccc(O)cc1F)N1CCNCC1. The van der Waals surface area contributed by atoms with Crippen LogP contribution in [0.2, 0.25) is 0 Å². The largest absolute Gasteiger partial charge is 0.508 e. The minimum Gasteiger partial charge on any atom is -0.508 e. The maximum atomic E-state index is 14.2. The summed E-state index contributed by atoms with van der Waals surface area (Å²) in [5, 5.41) is 12.7. The number of nitrogens with zero attached hydrogens (tertiary/aromatic N) is 1. The number of nitrogens with one attached hydrogen (secondary N) is 1. The van der Waals surface area contributed by atoms with Crippen LogP contribution in [0, 0.1) is 5.82 Å². The molecule has 0 saturated carbocycles. The van der Waals surface area contributed by atoms with E-state index in [1.165, 1.54) is 18.9 Å². The van der Waals surface area contributed by atoms with Crippen LogP contribution in [0.3, 0.4) is 0 Å². The second-order valence-corrected chi connectivity index (χ2v) is 5.50. The van der Waals surface area contributed by atoms with Crippen molar-refractivity contribution in [3.8, 4) is 5.75 Å². The van der Waals surface area contributed by atoms with Gasteiger partial charge in [0, 0.05) is 43.9 Å². The van der Waals surface area contributed by atoms with E-state index in [0.717, 1.165) is 44.6 Å². The highest BCUT2D eigenvalue weighted by Crippen LogP contribution is 2.30. The van der Waals surface area contributed by atoms with Crippen LogP contribution >= 0.6 is 0 Å². The van der Waals surface area contributed by atoms with Gasteiger partial charge in [-0.3, -0.25) is 4.90 Å². The molecule has 0 amide bonds. The number of rotatable bonds is 6. The molecular weight excluding hydrogens is 255 g/mol. The van der Waals surface area contributed by atoms with E-state index in [1.54, 1.807) is 12.1 Å². The van der Waals surface area contributed by atoms with Crippen molar-refractivity contribution in [3.63, 3.8) is 0 Å². The highest BCUT2D eigenvalue weighted by Gasteiger charge is 2.24. The lowest BCUT2D eigenvalue weighted by atomic mass is 9.97. The molecule has 2 N–H and O–H groups in total. The molecule has 0 aromatic heterocycles. The fourth-order valence-electron chi connectivity index (χ4n) is 2.90. The average Bonchev–Trinajstić information content (AvgIpc) is 2.46. The van der Waals surface area contributed by atoms with E-state index >= 15 is 0 Å². The third-order valence-electron chi connectivity index (χ3n) is 4.02. The fraction of sp³-hybridized carbons (Fsp3) is 0.625. The number of phenolic OH excluding ortho intramolecular Hbond substituents is 1. The van der Waals surface area contributed by atoms with Crippen LogP contribution in [0.25, 0.3) is 0 Å². The zero-order valence-electron chi connectivity index (χ0n) is 12.2. The highest BCUT2D eigenvalue weighted by atomic mass is 19.1. The molecule has 1 fully saturated rings. The number of halogens is 1. The predicted octanol–water partition coefficient (Wildman–Crippen LogP) is 3.06. The molecule has 1 aliphatic heterocycles. The topological polar surface area (TPSA) is 35.5 Å². The quantitative estimate of drug-likeness (QED) is 0.786. The minimum atomic E-state index is -0.287. The summed E-state index contributed by atoms with van der Waals surface area (Å²) in [6.07, 6.45) is 4.45. The summed E-state index contributed by atoms with van der Waals surface area (Å²) in [6, 6.07) is 4.69. The van der Waals surface area contributed by atoms with Crippen LogP contribution < -0.4 is 5.32 Å². The minimum absolute atomic E-state index is 0.00105. The fourth-order valence-corrected chi connectivity index (χ4v) is 2.90. The van der Waals surface area contributed by atoms with Crippen molar-refractivity contribution in [2.45, 2.75) is 38.6 Å². The lowest BCUT2D eigenvalue weighted by Crippen LogP contribution is -2.45. The summed E-state index contributed by atoms with van der Waals surface area (Å²) in [7, 11) is 0. The van der Waals surface area contributed by atoms with E-state index in [9.17, 15) is 9.50 Å². The van der Waals surface area contributed by atoms with Crippen LogP contribution in [0.5, 0.6) is 5.75 Å². The molecule has 4 heteroatoms. The van der Waals surface area contributed by atoms with Gasteiger partial charge in [0.25, 0.3) is 0 Å². The van der Waals surface area contributed by atoms with Crippen molar-refractivity contribution in [2.24, 2.45) is 0 Å². The Labute approximate surface area is 120 Å². The smallest absolute Gasteiger partial charge is 0.131 e. The first-order chi connectivity index (χ1) is 9.72. The molecule has 1 saturated heterocycles. The second kappa shape index (κ2) is 7.60. The van der Waals surface area contributed by atoms with Gasteiger partial charge in [0.05, 0.1) is 0 Å². The van der Waals surface area contributed by atoms with Crippen LogP contribution in [-0.2, 0) is 0 Å². The molecule has 3 nitrogen and oxygen atoms in total. The van der Waals surface area contributed by atoms with Crippen molar-refractivity contribution >= 4 is 0 Å². The van der Waals surface area contributed by atoms with Crippen molar-refractivity contribution in [1.82, 2.24) is 10.2 Å². The number of unbranched alkanes of at least 4 members (excludes halogenated alkanes) is 2. The lowest BCUT2D eigenvalue weighted by molar-refractivity contribution is 0.159. The maximum Gasteiger partial charge on any atom is 0.131 e. The molecule has 1 aliphatic rings. The monoisotopic (exact) mass is 280 g/mol. The lowest BCUT2D eigenvalue weighted by Gasteiger charge is -2.35. The Morgan fingerprint density at radius 2 is 2.05 bits per heavy atom. The summed E-state index contributed by atoms with van der Waals surface area (Å²) in [5.74, 6) is -0.288. The van der Waals surface area contributed by atoms with Crippen LogP contribution in [0.1, 0.15) is 44.2 Å². The van der Waals surface area contributed by atoms with Gasteiger partial charge in [-0.2, -0.15) is 0 Å². The van der Waals surface area contributed by atoms with Crippen molar-refractivity contribution in [3.05, 3.63) is 29.6 Å². The number of hydrogen-bond acceptors (Lipinski definition) is 3. The maximum absolute atomic E-state index is 14.2. The van der Waals surface area contributed by atoms with Gasteiger partial charge in [-0.05, 0) is 12.5 Å². The Bertz CT molecular complexity index is 419. The molecular formula is C16H25FN2O. The van der Waals surface area contributed by atoms with Crippen LogP contribution in [0.4, 0.5) is 4.39 Å². The van der Waals surface area contributed by atoms with E-state index in [1.807, 2.05) is 0 Å². The first kappa shape index (κ1) is 15.3. The Balaban J connectivity index is 2.15. The Hall–Kier alpha value is -1.13. The average molecular weight is 280 g/mol. The van der Waals surface area contributed by atoms with Crippen molar-refractivity contribution in [1.29, 1.82) is 0 Å². The number of piperazine rings is 1. The van der Waals surface area contributed by atoms with E-state index in [4.69, 9.17) is 0 Å². The summed E-state index contributed by atoms with van der Waals surface area (Å²) in [5.41, 5.74) is 0.723. The van der Waals surface area contributed by atoms with Crippen LogP contribution in [-0.4, -0.2) is 36.2 Å². The van der Waals surface area contributed by atoms with E-state index < -0.39 is 0 Å². The molecule has 20 heavy (non-hydrogen) atoms. The van der Waals surface area contributed by atoms with Gasteiger partial charge in [0.2, 0.25) is 0 Å². The van der Waals surface area contributed by atoms with Crippen molar-refractivity contribution < 1.29 is 9.50 Å². The summed E-state index contributed by atoms with van der Waals surface area (Å²) >= 11 is 0. The molecule has 0 unspecified atom stereocenters. The normalized spacial score (nSPS) is 18.1. The molecule has 0 aliphatic carbocycles. The van der Waals surface area contributed by atoms with Gasteiger partial charge in [0.1, 0.15) is 11.6 Å². The third-order valence-corrected chi connectivity index (χ3v) is 4.02. The van der Waals surface area contributed by atoms with Crippen molar-refractivity contribution in [2.75, 3.05) is 26.2 Å². The van der Waals surface area contributed by atoms with Gasteiger partial charge < -0.3 is 10.4 Å². The molecule has 1 atom stereocenters. The number of hydrogen-bond donors (Lipinski definition) is 2. The molecule has 1 aromatic carbocycles. The number of aromatic hydroxyl groups is 1. The van der Waals surface area contributed by atoms with Gasteiger partial charge in [-0.15, -0.1) is 0 Å². The number of benzene rings is 1. The van der Waals surface area contributed by atoms with Gasteiger partial charge in [-0.1, -0.05) is 32.3 Å². The Morgan fingerprint density at radius 1 is 1.30 bits per heavy atom. The van der Waals surface area contributed by atoms with Gasteiger partial charge in [-0.25, -0.2) is 4.39 Å². The van der Waals surface area contributed by atoms with E-state index in [0.29, 0.717) is 0 Å². The molecule has 0 bridgehead atoms. The third kappa shape index (κ3) is 3.93. The molecule has 0 radical (unpaired) electrons. The zero-order chi connectivity index (χ0) is 14.4. The standard InChI is InChI=1S/C16H25FN2O/c1-2-3-4-5-16(19-10-8-18-9-11-19)14-7-6-13(20)12-15(14)17/h6-7,12,16,18,20H,2-5,8-11H2,1H3/t16-/m1/s1. The molecule has 0 spiro atoms. The molecule has 2 rings (SSSR count). The second-order valence-electron chi connectivity index (χ2n) is 5.50. The summed E-state index contributed by atoms with van der Waals surface area (Å²) in [4.78, 5) is 2.36. The van der Waals surface area contributed by atoms with E-state index in [-0.39, 0.29) is 17.6 Å². The summed E-state index contributed by atoms with van der Waals surface area (Å²) in [6.45, 7) is 6.02. The molecule has 112 valence electrons. The molecule has 1 aromatic rings. The highest BCUT2D eigenvalue weighted by molar-refractivity contribution is 5.30. The van der Waals surface area contributed by atoms with Gasteiger partial charge >= 0.3 is 0 Å². The summed E-state index contributed by atoms with van der Waals surface area (Å²) < 4.78 is 14.2. The predicted molar refractivity (Wildman–Crippen MR) is 79.4 cm³/mol. The first-order valence-electron chi connectivity index (χ1n) is 7.65. The zero-order valence-corrected chi connectivity index (χ0v) is 12.2. The van der Waals surface area contributed by atoms with E-state index in [2.05, 4.69) is 17.1 Å². The Morgan fingerprint density at radius 3 is 2.70 bits per heavy atom.